The fourth-order valence-corrected chi connectivity index (χ4v) is 3.40. The summed E-state index contributed by atoms with van der Waals surface area (Å²) in [4.78, 5) is 27.8. The molecule has 6 nitrogen and oxygen atoms in total. The normalized spacial score (nSPS) is 15.7. The van der Waals surface area contributed by atoms with E-state index in [-0.39, 0.29) is 18.4 Å². The summed E-state index contributed by atoms with van der Waals surface area (Å²) in [5.41, 5.74) is 2.09. The van der Waals surface area contributed by atoms with Crippen molar-refractivity contribution < 1.29 is 18.9 Å². The van der Waals surface area contributed by atoms with Crippen molar-refractivity contribution in [2.24, 2.45) is 0 Å². The Balaban J connectivity index is 1.76. The van der Waals surface area contributed by atoms with Gasteiger partial charge in [-0.05, 0) is 36.4 Å². The maximum absolute atomic E-state index is 13.2. The highest BCUT2D eigenvalue weighted by molar-refractivity contribution is 6.05. The maximum atomic E-state index is 13.2. The first-order valence-corrected chi connectivity index (χ1v) is 8.98. The number of ether oxygens (including phenoxy) is 1. The van der Waals surface area contributed by atoms with Gasteiger partial charge in [-0.1, -0.05) is 24.3 Å². The third-order valence-electron chi connectivity index (χ3n) is 4.73. The van der Waals surface area contributed by atoms with E-state index in [1.165, 1.54) is 0 Å². The Hall–Kier alpha value is -3.67. The molecule has 0 saturated heterocycles. The highest BCUT2D eigenvalue weighted by Gasteiger charge is 2.43. The van der Waals surface area contributed by atoms with Crippen LogP contribution < -0.4 is 19.5 Å². The molecule has 0 bridgehead atoms. The summed E-state index contributed by atoms with van der Waals surface area (Å²) >= 11 is 0. The number of aromatic nitrogens is 1. The number of nitrogens with zero attached hydrogens (tertiary/aromatic N) is 2. The van der Waals surface area contributed by atoms with Crippen LogP contribution in [0.3, 0.4) is 0 Å². The van der Waals surface area contributed by atoms with Crippen molar-refractivity contribution in [1.29, 1.82) is 0 Å². The van der Waals surface area contributed by atoms with E-state index in [2.05, 4.69) is 5.32 Å². The third-order valence-corrected chi connectivity index (χ3v) is 4.73. The van der Waals surface area contributed by atoms with Gasteiger partial charge in [-0.2, -0.15) is 4.57 Å². The molecule has 0 aliphatic carbocycles. The summed E-state index contributed by atoms with van der Waals surface area (Å²) in [6.45, 7) is 0.178. The van der Waals surface area contributed by atoms with Gasteiger partial charge >= 0.3 is 0 Å². The molecule has 28 heavy (non-hydrogen) atoms. The van der Waals surface area contributed by atoms with Gasteiger partial charge in [0.05, 0.1) is 7.11 Å². The van der Waals surface area contributed by atoms with Gasteiger partial charge in [-0.15, -0.1) is 0 Å². The van der Waals surface area contributed by atoms with Crippen molar-refractivity contribution in [2.75, 3.05) is 17.3 Å². The van der Waals surface area contributed by atoms with Crippen LogP contribution in [0.25, 0.3) is 0 Å². The second-order valence-electron chi connectivity index (χ2n) is 6.47. The minimum Gasteiger partial charge on any atom is -0.497 e. The van der Waals surface area contributed by atoms with Crippen molar-refractivity contribution in [2.45, 2.75) is 12.6 Å². The standard InChI is InChI=1S/C22H19N3O3/c1-28-18-12-10-17(11-13-18)25-20(26)15-24-14-6-5-9-19(24)21(25)22(27)23-16-7-3-2-4-8-16/h2-14,21H,15H2,1H3/p+1/t21-/m1/s1. The smallest absolute Gasteiger partial charge is 0.294 e. The number of carbonyl (C=O) groups is 2. The number of methoxy groups -OCH3 is 1. The number of anilines is 2. The summed E-state index contributed by atoms with van der Waals surface area (Å²) in [6, 6.07) is 21.2. The lowest BCUT2D eigenvalue weighted by atomic mass is 10.0. The number of amides is 2. The van der Waals surface area contributed by atoms with Gasteiger partial charge in [0.1, 0.15) is 5.75 Å². The molecule has 1 N–H and O–H groups in total. The first-order chi connectivity index (χ1) is 13.7. The van der Waals surface area contributed by atoms with Crippen LogP contribution in [0.15, 0.2) is 79.0 Å². The molecular formula is C22H20N3O3+. The minimum atomic E-state index is -0.781. The third kappa shape index (κ3) is 3.32. The summed E-state index contributed by atoms with van der Waals surface area (Å²) in [5, 5.41) is 2.92. The maximum Gasteiger partial charge on any atom is 0.294 e. The number of carbonyl (C=O) groups excluding carboxylic acids is 2. The Kier molecular flexibility index (Phi) is 4.76. The molecule has 140 valence electrons. The fraction of sp³-hybridized carbons (Fsp3) is 0.136. The molecule has 1 aromatic heterocycles. The highest BCUT2D eigenvalue weighted by Crippen LogP contribution is 2.31. The van der Waals surface area contributed by atoms with E-state index in [0.29, 0.717) is 17.1 Å². The number of hydrogen-bond donors (Lipinski definition) is 1. The summed E-state index contributed by atoms with van der Waals surface area (Å²) < 4.78 is 7.02. The monoisotopic (exact) mass is 374 g/mol. The van der Waals surface area contributed by atoms with Crippen LogP contribution in [-0.4, -0.2) is 18.9 Å². The molecule has 1 aliphatic heterocycles. The van der Waals surface area contributed by atoms with Crippen molar-refractivity contribution in [1.82, 2.24) is 0 Å². The fourth-order valence-electron chi connectivity index (χ4n) is 3.40. The SMILES string of the molecule is COc1ccc(N2C(=O)C[n+]3ccccc3[C@@H]2C(=O)Nc2ccccc2)cc1. The van der Waals surface area contributed by atoms with Crippen LogP contribution in [-0.2, 0) is 16.1 Å². The highest BCUT2D eigenvalue weighted by atomic mass is 16.5. The van der Waals surface area contributed by atoms with E-state index in [1.807, 2.05) is 59.3 Å². The molecular weight excluding hydrogens is 354 g/mol. The number of para-hydroxylation sites is 1. The van der Waals surface area contributed by atoms with Crippen molar-refractivity contribution in [3.8, 4) is 5.75 Å². The molecule has 4 rings (SSSR count). The predicted octanol–water partition coefficient (Wildman–Crippen LogP) is 2.71. The Bertz CT molecular complexity index is 1000. The zero-order valence-corrected chi connectivity index (χ0v) is 15.4. The number of pyridine rings is 1. The van der Waals surface area contributed by atoms with Gasteiger partial charge in [-0.25, -0.2) is 0 Å². The zero-order valence-electron chi connectivity index (χ0n) is 15.4. The molecule has 2 amide bonds. The summed E-state index contributed by atoms with van der Waals surface area (Å²) in [5.74, 6) is 0.269. The molecule has 2 aromatic carbocycles. The number of rotatable bonds is 4. The van der Waals surface area contributed by atoms with Gasteiger partial charge < -0.3 is 10.1 Å². The zero-order chi connectivity index (χ0) is 19.5. The molecule has 1 aliphatic rings. The Morgan fingerprint density at radius 1 is 1.04 bits per heavy atom. The number of nitrogens with one attached hydrogen (secondary N) is 1. The van der Waals surface area contributed by atoms with E-state index in [0.717, 1.165) is 5.69 Å². The minimum absolute atomic E-state index is 0.151. The topological polar surface area (TPSA) is 62.5 Å². The largest absolute Gasteiger partial charge is 0.497 e. The number of benzene rings is 2. The van der Waals surface area contributed by atoms with Crippen molar-refractivity contribution >= 4 is 23.2 Å². The lowest BCUT2D eigenvalue weighted by Gasteiger charge is -2.32. The van der Waals surface area contributed by atoms with Crippen LogP contribution in [0.1, 0.15) is 11.7 Å². The molecule has 0 spiro atoms. The van der Waals surface area contributed by atoms with E-state index in [4.69, 9.17) is 4.74 Å². The lowest BCUT2D eigenvalue weighted by Crippen LogP contribution is -2.58. The van der Waals surface area contributed by atoms with Gasteiger partial charge in [0, 0.05) is 23.5 Å². The average Bonchev–Trinajstić information content (AvgIpc) is 2.73. The molecule has 0 radical (unpaired) electrons. The predicted molar refractivity (Wildman–Crippen MR) is 105 cm³/mol. The molecule has 2 heterocycles. The average molecular weight is 374 g/mol. The number of fused-ring (bicyclic) bond motifs is 1. The Morgan fingerprint density at radius 2 is 1.75 bits per heavy atom. The van der Waals surface area contributed by atoms with E-state index in [1.54, 1.807) is 36.3 Å². The molecule has 6 heteroatoms. The van der Waals surface area contributed by atoms with Crippen molar-refractivity contribution in [3.05, 3.63) is 84.7 Å². The molecule has 0 unspecified atom stereocenters. The van der Waals surface area contributed by atoms with Gasteiger partial charge in [-0.3, -0.25) is 14.5 Å². The van der Waals surface area contributed by atoms with E-state index in [9.17, 15) is 9.59 Å². The molecule has 1 atom stereocenters. The first-order valence-electron chi connectivity index (χ1n) is 8.98. The van der Waals surface area contributed by atoms with Gasteiger partial charge in [0.15, 0.2) is 6.20 Å². The molecule has 3 aromatic rings. The first kappa shape index (κ1) is 17.7. The van der Waals surface area contributed by atoms with Crippen LogP contribution in [0.2, 0.25) is 0 Å². The number of hydrogen-bond acceptors (Lipinski definition) is 3. The molecule has 0 fully saturated rings. The van der Waals surface area contributed by atoms with Gasteiger partial charge in [0.2, 0.25) is 18.3 Å². The van der Waals surface area contributed by atoms with Crippen LogP contribution >= 0.6 is 0 Å². The van der Waals surface area contributed by atoms with Gasteiger partial charge in [0.25, 0.3) is 11.8 Å². The Morgan fingerprint density at radius 3 is 2.46 bits per heavy atom. The summed E-state index contributed by atoms with van der Waals surface area (Å²) in [7, 11) is 1.59. The second kappa shape index (κ2) is 7.52. The lowest BCUT2D eigenvalue weighted by molar-refractivity contribution is -0.695. The Labute approximate surface area is 163 Å². The molecule has 0 saturated carbocycles. The van der Waals surface area contributed by atoms with Crippen LogP contribution in [0.4, 0.5) is 11.4 Å². The van der Waals surface area contributed by atoms with Crippen LogP contribution in [0, 0.1) is 0 Å². The van der Waals surface area contributed by atoms with E-state index < -0.39 is 6.04 Å². The van der Waals surface area contributed by atoms with Crippen LogP contribution in [0.5, 0.6) is 5.75 Å². The van der Waals surface area contributed by atoms with E-state index >= 15 is 0 Å². The quantitative estimate of drug-likeness (QED) is 0.715. The second-order valence-corrected chi connectivity index (χ2v) is 6.47. The summed E-state index contributed by atoms with van der Waals surface area (Å²) in [6.07, 6.45) is 1.82. The van der Waals surface area contributed by atoms with Crippen molar-refractivity contribution in [3.63, 3.8) is 0 Å².